The number of benzene rings is 1. The Bertz CT molecular complexity index is 301. The summed E-state index contributed by atoms with van der Waals surface area (Å²) >= 11 is 0. The minimum atomic E-state index is 0. The molecule has 0 atom stereocenters. The zero-order valence-electron chi connectivity index (χ0n) is 8.99. The number of nitrogens with two attached hydrogens (primary N) is 1. The van der Waals surface area contributed by atoms with E-state index < -0.39 is 0 Å². The number of hydrogen-bond acceptors (Lipinski definition) is 3. The van der Waals surface area contributed by atoms with E-state index in [2.05, 4.69) is 13.8 Å². The second kappa shape index (κ2) is 7.03. The molecule has 0 aromatic heterocycles. The largest absolute Gasteiger partial charge is 2.00 e. The first-order valence-electron chi connectivity index (χ1n) is 4.50. The standard InChI is InChI=1S/C11H16N2O.U/c1-4-13(5-2)9-6-7-10(12)11(8-9)14-3;/h6-8H,1-2,4-5,12H2,3H3;/q-2;+2. The van der Waals surface area contributed by atoms with Gasteiger partial charge in [0, 0.05) is 11.8 Å². The van der Waals surface area contributed by atoms with Crippen molar-refractivity contribution in [1.29, 1.82) is 0 Å². The Morgan fingerprint density at radius 2 is 1.93 bits per heavy atom. The van der Waals surface area contributed by atoms with E-state index in [0.29, 0.717) is 24.5 Å². The molecule has 1 rings (SSSR count). The van der Waals surface area contributed by atoms with Gasteiger partial charge in [0.2, 0.25) is 0 Å². The first-order valence-corrected chi connectivity index (χ1v) is 4.50. The van der Waals surface area contributed by atoms with Crippen molar-refractivity contribution in [3.8, 4) is 5.75 Å². The Hall–Kier alpha value is -0.328. The van der Waals surface area contributed by atoms with Crippen molar-refractivity contribution in [2.24, 2.45) is 0 Å². The maximum absolute atomic E-state index is 5.71. The normalized spacial score (nSPS) is 9.27. The van der Waals surface area contributed by atoms with E-state index in [1.54, 1.807) is 7.11 Å². The molecule has 0 saturated carbocycles. The molecule has 0 saturated heterocycles. The van der Waals surface area contributed by atoms with Gasteiger partial charge in [-0.05, 0) is 12.1 Å². The van der Waals surface area contributed by atoms with Crippen LogP contribution in [0.4, 0.5) is 11.4 Å². The fraction of sp³-hybridized carbons (Fsp3) is 0.273. The Morgan fingerprint density at radius 1 is 1.33 bits per heavy atom. The third kappa shape index (κ3) is 3.62. The van der Waals surface area contributed by atoms with Crippen molar-refractivity contribution < 1.29 is 35.9 Å². The average Bonchev–Trinajstić information content (AvgIpc) is 2.22. The molecule has 0 aliphatic heterocycles. The minimum absolute atomic E-state index is 0. The Morgan fingerprint density at radius 3 is 2.40 bits per heavy atom. The van der Waals surface area contributed by atoms with Gasteiger partial charge in [0.25, 0.3) is 0 Å². The van der Waals surface area contributed by atoms with Crippen LogP contribution in [-0.2, 0) is 0 Å². The Balaban J connectivity index is 0.00000196. The minimum Gasteiger partial charge on any atom is -0.495 e. The summed E-state index contributed by atoms with van der Waals surface area (Å²) < 4.78 is 5.13. The van der Waals surface area contributed by atoms with Gasteiger partial charge >= 0.3 is 31.1 Å². The number of anilines is 2. The van der Waals surface area contributed by atoms with Crippen LogP contribution in [0.25, 0.3) is 0 Å². The van der Waals surface area contributed by atoms with Crippen LogP contribution in [0, 0.1) is 45.0 Å². The molecular formula is C11H16N2OU. The van der Waals surface area contributed by atoms with Gasteiger partial charge in [-0.3, -0.25) is 0 Å². The van der Waals surface area contributed by atoms with Gasteiger partial charge in [-0.2, -0.15) is 0 Å². The number of ether oxygens (including phenoxy) is 1. The monoisotopic (exact) mass is 430 g/mol. The summed E-state index contributed by atoms with van der Waals surface area (Å²) in [6.45, 7) is 9.00. The predicted octanol–water partition coefficient (Wildman–Crippen LogP) is 1.75. The molecule has 80 valence electrons. The molecule has 3 nitrogen and oxygen atoms in total. The molecule has 0 aliphatic carbocycles. The van der Waals surface area contributed by atoms with Crippen molar-refractivity contribution in [2.45, 2.75) is 0 Å². The smallest absolute Gasteiger partial charge is 0.495 e. The van der Waals surface area contributed by atoms with E-state index in [9.17, 15) is 0 Å². The van der Waals surface area contributed by atoms with Gasteiger partial charge < -0.3 is 29.2 Å². The Kier molecular flexibility index (Phi) is 6.88. The van der Waals surface area contributed by atoms with E-state index in [0.717, 1.165) is 5.69 Å². The quantitative estimate of drug-likeness (QED) is 0.585. The van der Waals surface area contributed by atoms with Crippen LogP contribution in [0.15, 0.2) is 18.2 Å². The van der Waals surface area contributed by atoms with Crippen LogP contribution < -0.4 is 15.4 Å². The van der Waals surface area contributed by atoms with E-state index in [1.807, 2.05) is 23.1 Å². The summed E-state index contributed by atoms with van der Waals surface area (Å²) in [5, 5.41) is 0. The number of nitrogens with zero attached hydrogens (tertiary/aromatic N) is 1. The zero-order valence-corrected chi connectivity index (χ0v) is 13.2. The zero-order chi connectivity index (χ0) is 10.6. The third-order valence-corrected chi connectivity index (χ3v) is 2.12. The van der Waals surface area contributed by atoms with Crippen molar-refractivity contribution in [2.75, 3.05) is 30.8 Å². The van der Waals surface area contributed by atoms with Crippen molar-refractivity contribution in [3.05, 3.63) is 32.0 Å². The van der Waals surface area contributed by atoms with E-state index in [1.165, 1.54) is 0 Å². The molecule has 1 aromatic rings. The van der Waals surface area contributed by atoms with Crippen LogP contribution in [-0.4, -0.2) is 20.2 Å². The molecule has 2 N–H and O–H groups in total. The molecular weight excluding hydrogens is 414 g/mol. The van der Waals surface area contributed by atoms with E-state index in [-0.39, 0.29) is 31.1 Å². The maximum Gasteiger partial charge on any atom is 2.00 e. The van der Waals surface area contributed by atoms with Gasteiger partial charge in [0.05, 0.1) is 12.8 Å². The molecule has 0 amide bonds. The molecule has 15 heavy (non-hydrogen) atoms. The first kappa shape index (κ1) is 14.7. The third-order valence-electron chi connectivity index (χ3n) is 2.12. The first-order chi connectivity index (χ1) is 6.72. The summed E-state index contributed by atoms with van der Waals surface area (Å²) in [5.74, 6) is 0.689. The second-order valence-corrected chi connectivity index (χ2v) is 2.91. The number of hydrogen-bond donors (Lipinski definition) is 1. The van der Waals surface area contributed by atoms with Gasteiger partial charge in [-0.15, -0.1) is 13.1 Å². The summed E-state index contributed by atoms with van der Waals surface area (Å²) in [4.78, 5) is 2.03. The van der Waals surface area contributed by atoms with E-state index >= 15 is 0 Å². The van der Waals surface area contributed by atoms with Gasteiger partial charge in [-0.25, -0.2) is 0 Å². The fourth-order valence-electron chi connectivity index (χ4n) is 1.27. The van der Waals surface area contributed by atoms with Crippen LogP contribution in [0.5, 0.6) is 5.75 Å². The Labute approximate surface area is 115 Å². The predicted molar refractivity (Wildman–Crippen MR) is 60.3 cm³/mol. The molecule has 0 heterocycles. The molecule has 1 aromatic carbocycles. The molecule has 0 fully saturated rings. The van der Waals surface area contributed by atoms with Crippen molar-refractivity contribution in [3.63, 3.8) is 0 Å². The summed E-state index contributed by atoms with van der Waals surface area (Å²) in [6.07, 6.45) is 0. The summed E-state index contributed by atoms with van der Waals surface area (Å²) in [6, 6.07) is 5.66. The second-order valence-electron chi connectivity index (χ2n) is 2.91. The summed E-state index contributed by atoms with van der Waals surface area (Å²) in [7, 11) is 1.61. The summed E-state index contributed by atoms with van der Waals surface area (Å²) in [5.41, 5.74) is 7.38. The van der Waals surface area contributed by atoms with Gasteiger partial charge in [-0.1, -0.05) is 0 Å². The maximum atomic E-state index is 5.71. The number of methoxy groups -OCH3 is 1. The molecule has 0 unspecified atom stereocenters. The molecule has 0 bridgehead atoms. The van der Waals surface area contributed by atoms with Crippen LogP contribution >= 0.6 is 0 Å². The van der Waals surface area contributed by atoms with Crippen LogP contribution in [0.1, 0.15) is 0 Å². The van der Waals surface area contributed by atoms with Crippen LogP contribution in [0.3, 0.4) is 0 Å². The fourth-order valence-corrected chi connectivity index (χ4v) is 1.27. The van der Waals surface area contributed by atoms with Crippen molar-refractivity contribution >= 4 is 11.4 Å². The van der Waals surface area contributed by atoms with Gasteiger partial charge in [0.15, 0.2) is 0 Å². The SMILES string of the molecule is [CH2-]CN(C[CH2-])c1ccc(N)c(OC)c1.[U+2]. The van der Waals surface area contributed by atoms with E-state index in [4.69, 9.17) is 10.5 Å². The number of nitrogen functional groups attached to an aromatic ring is 1. The molecule has 0 aliphatic rings. The van der Waals surface area contributed by atoms with Gasteiger partial charge in [0.1, 0.15) is 5.75 Å². The van der Waals surface area contributed by atoms with Crippen molar-refractivity contribution in [1.82, 2.24) is 0 Å². The topological polar surface area (TPSA) is 38.5 Å². The molecule has 0 radical (unpaired) electrons. The average molecular weight is 430 g/mol. The molecule has 4 heteroatoms. The van der Waals surface area contributed by atoms with Crippen LogP contribution in [0.2, 0.25) is 0 Å². The number of rotatable bonds is 4. The molecule has 0 spiro atoms.